The Kier molecular flexibility index (Phi) is 3.64. The van der Waals surface area contributed by atoms with E-state index in [9.17, 15) is 8.42 Å². The summed E-state index contributed by atoms with van der Waals surface area (Å²) in [6.07, 6.45) is 4.45. The lowest BCUT2D eigenvalue weighted by molar-refractivity contribution is 0.419. The third-order valence-electron chi connectivity index (χ3n) is 4.10. The third kappa shape index (κ3) is 2.78. The summed E-state index contributed by atoms with van der Waals surface area (Å²) >= 11 is 0. The van der Waals surface area contributed by atoms with E-state index in [1.807, 2.05) is 0 Å². The average Bonchev–Trinajstić information content (AvgIpc) is 2.46. The average molecular weight is 296 g/mol. The molecule has 0 radical (unpaired) electrons. The van der Waals surface area contributed by atoms with Crippen LogP contribution in [0.1, 0.15) is 24.1 Å². The number of nitrogens with two attached hydrogens (primary N) is 1. The smallest absolute Gasteiger partial charge is 0.225 e. The minimum Gasteiger partial charge on any atom is -0.340 e. The fourth-order valence-electron chi connectivity index (χ4n) is 2.92. The summed E-state index contributed by atoms with van der Waals surface area (Å²) in [6.45, 7) is 2.54. The SMILES string of the molecule is NCC1CCCN(c2ncc3c(n2)CCS(=O)(=O)C3)C1. The van der Waals surface area contributed by atoms with Gasteiger partial charge in [-0.25, -0.2) is 18.4 Å². The molecule has 2 N–H and O–H groups in total. The first kappa shape index (κ1) is 13.8. The number of piperidine rings is 1. The van der Waals surface area contributed by atoms with Gasteiger partial charge in [-0.15, -0.1) is 0 Å². The van der Waals surface area contributed by atoms with Crippen LogP contribution in [0.15, 0.2) is 6.20 Å². The number of anilines is 1. The van der Waals surface area contributed by atoms with Crippen LogP contribution in [-0.4, -0.2) is 43.8 Å². The Bertz CT molecular complexity index is 602. The number of rotatable bonds is 2. The highest BCUT2D eigenvalue weighted by atomic mass is 32.2. The monoisotopic (exact) mass is 296 g/mol. The van der Waals surface area contributed by atoms with Crippen LogP contribution in [0, 0.1) is 5.92 Å². The Hall–Kier alpha value is -1.21. The van der Waals surface area contributed by atoms with Crippen molar-refractivity contribution >= 4 is 15.8 Å². The van der Waals surface area contributed by atoms with E-state index in [1.54, 1.807) is 6.20 Å². The lowest BCUT2D eigenvalue weighted by atomic mass is 9.99. The first-order valence-corrected chi connectivity index (χ1v) is 8.90. The van der Waals surface area contributed by atoms with Crippen molar-refractivity contribution in [3.8, 4) is 0 Å². The number of aryl methyl sites for hydroxylation is 1. The number of sulfone groups is 1. The molecule has 2 aliphatic heterocycles. The molecule has 0 amide bonds. The van der Waals surface area contributed by atoms with Crippen LogP contribution in [0.3, 0.4) is 0 Å². The molecule has 0 spiro atoms. The van der Waals surface area contributed by atoms with E-state index < -0.39 is 9.84 Å². The minimum absolute atomic E-state index is 0.0774. The molecule has 2 aliphatic rings. The van der Waals surface area contributed by atoms with Crippen molar-refractivity contribution in [2.75, 3.05) is 30.3 Å². The fourth-order valence-corrected chi connectivity index (χ4v) is 4.29. The maximum Gasteiger partial charge on any atom is 0.225 e. The van der Waals surface area contributed by atoms with Gasteiger partial charge in [0.1, 0.15) is 0 Å². The quantitative estimate of drug-likeness (QED) is 0.834. The van der Waals surface area contributed by atoms with Gasteiger partial charge in [-0.1, -0.05) is 0 Å². The van der Waals surface area contributed by atoms with Crippen LogP contribution < -0.4 is 10.6 Å². The zero-order chi connectivity index (χ0) is 14.2. The Labute approximate surface area is 119 Å². The number of aromatic nitrogens is 2. The summed E-state index contributed by atoms with van der Waals surface area (Å²) in [4.78, 5) is 11.1. The minimum atomic E-state index is -2.96. The normalized spacial score (nSPS) is 25.2. The third-order valence-corrected chi connectivity index (χ3v) is 5.68. The number of hydrogen-bond donors (Lipinski definition) is 1. The maximum atomic E-state index is 11.6. The summed E-state index contributed by atoms with van der Waals surface area (Å²) < 4.78 is 23.2. The summed E-state index contributed by atoms with van der Waals surface area (Å²) in [5.41, 5.74) is 7.40. The molecule has 110 valence electrons. The van der Waals surface area contributed by atoms with Gasteiger partial charge in [0.15, 0.2) is 9.84 Å². The predicted molar refractivity (Wildman–Crippen MR) is 77.2 cm³/mol. The molecule has 0 bridgehead atoms. The molecule has 1 fully saturated rings. The van der Waals surface area contributed by atoms with E-state index in [4.69, 9.17) is 5.73 Å². The van der Waals surface area contributed by atoms with Crippen LogP contribution in [0.4, 0.5) is 5.95 Å². The summed E-state index contributed by atoms with van der Waals surface area (Å²) in [5.74, 6) is 1.50. The van der Waals surface area contributed by atoms with Crippen molar-refractivity contribution in [2.24, 2.45) is 11.7 Å². The maximum absolute atomic E-state index is 11.6. The van der Waals surface area contributed by atoms with Gasteiger partial charge in [0.05, 0.1) is 17.2 Å². The lowest BCUT2D eigenvalue weighted by Gasteiger charge is -2.32. The van der Waals surface area contributed by atoms with Crippen molar-refractivity contribution < 1.29 is 8.42 Å². The number of nitrogens with zero attached hydrogens (tertiary/aromatic N) is 3. The Morgan fingerprint density at radius 1 is 1.45 bits per heavy atom. The van der Waals surface area contributed by atoms with Gasteiger partial charge in [0.2, 0.25) is 5.95 Å². The van der Waals surface area contributed by atoms with E-state index in [-0.39, 0.29) is 11.5 Å². The zero-order valence-corrected chi connectivity index (χ0v) is 12.3. The van der Waals surface area contributed by atoms with Gasteiger partial charge < -0.3 is 10.6 Å². The molecule has 0 aromatic carbocycles. The molecule has 3 heterocycles. The molecular formula is C13H20N4O2S. The molecule has 1 atom stereocenters. The first-order valence-electron chi connectivity index (χ1n) is 7.07. The largest absolute Gasteiger partial charge is 0.340 e. The second-order valence-electron chi connectivity index (χ2n) is 5.67. The fraction of sp³-hybridized carbons (Fsp3) is 0.692. The Balaban J connectivity index is 1.82. The lowest BCUT2D eigenvalue weighted by Crippen LogP contribution is -2.39. The molecule has 7 heteroatoms. The summed E-state index contributed by atoms with van der Waals surface area (Å²) in [5, 5.41) is 0. The number of hydrogen-bond acceptors (Lipinski definition) is 6. The summed E-state index contributed by atoms with van der Waals surface area (Å²) in [6, 6.07) is 0. The molecule has 1 saturated heterocycles. The van der Waals surface area contributed by atoms with E-state index in [0.29, 0.717) is 18.9 Å². The van der Waals surface area contributed by atoms with E-state index in [0.717, 1.165) is 43.1 Å². The Morgan fingerprint density at radius 2 is 2.30 bits per heavy atom. The van der Waals surface area contributed by atoms with Crippen molar-refractivity contribution in [3.63, 3.8) is 0 Å². The van der Waals surface area contributed by atoms with Crippen molar-refractivity contribution in [1.29, 1.82) is 0 Å². The highest BCUT2D eigenvalue weighted by molar-refractivity contribution is 7.90. The van der Waals surface area contributed by atoms with Crippen molar-refractivity contribution in [3.05, 3.63) is 17.5 Å². The second-order valence-corrected chi connectivity index (χ2v) is 7.86. The molecule has 6 nitrogen and oxygen atoms in total. The topological polar surface area (TPSA) is 89.2 Å². The van der Waals surface area contributed by atoms with Crippen LogP contribution >= 0.6 is 0 Å². The molecule has 1 unspecified atom stereocenters. The van der Waals surface area contributed by atoms with Crippen LogP contribution in [-0.2, 0) is 22.0 Å². The van der Waals surface area contributed by atoms with Gasteiger partial charge >= 0.3 is 0 Å². The first-order chi connectivity index (χ1) is 9.57. The highest BCUT2D eigenvalue weighted by Gasteiger charge is 2.25. The molecule has 3 rings (SSSR count). The predicted octanol–water partition coefficient (Wildman–Crippen LogP) is 0.123. The highest BCUT2D eigenvalue weighted by Crippen LogP contribution is 2.23. The van der Waals surface area contributed by atoms with Crippen molar-refractivity contribution in [1.82, 2.24) is 9.97 Å². The standard InChI is InChI=1S/C13H20N4O2S/c14-6-10-2-1-4-17(8-10)13-15-7-11-9-20(18,19)5-3-12(11)16-13/h7,10H,1-6,8-9,14H2. The molecular weight excluding hydrogens is 276 g/mol. The molecule has 0 aliphatic carbocycles. The van der Waals surface area contributed by atoms with E-state index >= 15 is 0 Å². The zero-order valence-electron chi connectivity index (χ0n) is 11.5. The van der Waals surface area contributed by atoms with Crippen molar-refractivity contribution in [2.45, 2.75) is 25.0 Å². The second kappa shape index (κ2) is 5.29. The van der Waals surface area contributed by atoms with Gasteiger partial charge in [-0.05, 0) is 25.3 Å². The van der Waals surface area contributed by atoms with E-state index in [1.165, 1.54) is 0 Å². The molecule has 0 saturated carbocycles. The van der Waals surface area contributed by atoms with Gasteiger partial charge in [0, 0.05) is 31.3 Å². The van der Waals surface area contributed by atoms with Crippen LogP contribution in [0.2, 0.25) is 0 Å². The van der Waals surface area contributed by atoms with Gasteiger partial charge in [-0.2, -0.15) is 0 Å². The van der Waals surface area contributed by atoms with Gasteiger partial charge in [-0.3, -0.25) is 0 Å². The molecule has 1 aromatic rings. The molecule has 1 aromatic heterocycles. The number of fused-ring (bicyclic) bond motifs is 1. The molecule has 20 heavy (non-hydrogen) atoms. The summed E-state index contributed by atoms with van der Waals surface area (Å²) in [7, 11) is -2.96. The van der Waals surface area contributed by atoms with Gasteiger partial charge in [0.25, 0.3) is 0 Å². The van der Waals surface area contributed by atoms with Crippen LogP contribution in [0.5, 0.6) is 0 Å². The van der Waals surface area contributed by atoms with Crippen LogP contribution in [0.25, 0.3) is 0 Å². The Morgan fingerprint density at radius 3 is 3.10 bits per heavy atom. The van der Waals surface area contributed by atoms with E-state index in [2.05, 4.69) is 14.9 Å².